The van der Waals surface area contributed by atoms with Crippen molar-refractivity contribution in [1.29, 1.82) is 0 Å². The first-order valence-electron chi connectivity index (χ1n) is 2.83. The van der Waals surface area contributed by atoms with E-state index in [0.717, 1.165) is 0 Å². The molecule has 0 spiro atoms. The van der Waals surface area contributed by atoms with Crippen LogP contribution in [0.25, 0.3) is 0 Å². The van der Waals surface area contributed by atoms with E-state index in [4.69, 9.17) is 4.89 Å². The molecule has 0 aliphatic heterocycles. The maximum absolute atomic E-state index is 10.4. The fourth-order valence-electron chi connectivity index (χ4n) is 0.669. The molecule has 0 radical (unpaired) electrons. The first-order chi connectivity index (χ1) is 5.24. The molecule has 0 aromatic heterocycles. The van der Waals surface area contributed by atoms with Crippen molar-refractivity contribution in [2.45, 2.75) is 4.90 Å². The third-order valence-electron chi connectivity index (χ3n) is 1.16. The molecule has 0 saturated carbocycles. The molecule has 2 unspecified atom stereocenters. The first kappa shape index (κ1) is 21.9. The van der Waals surface area contributed by atoms with Gasteiger partial charge in [-0.25, -0.2) is 0 Å². The van der Waals surface area contributed by atoms with Crippen molar-refractivity contribution in [1.82, 2.24) is 0 Å². The molecule has 0 aliphatic rings. The van der Waals surface area contributed by atoms with Gasteiger partial charge in [-0.05, 0) is 23.2 Å². The van der Waals surface area contributed by atoms with Crippen LogP contribution < -0.4 is 94.0 Å². The summed E-state index contributed by atoms with van der Waals surface area (Å²) in [6.07, 6.45) is 0. The molecule has 14 heavy (non-hydrogen) atoms. The number of rotatable bonds is 2. The van der Waals surface area contributed by atoms with E-state index in [0.29, 0.717) is 5.30 Å². The Morgan fingerprint density at radius 3 is 2.36 bits per heavy atom. The Labute approximate surface area is 158 Å². The van der Waals surface area contributed by atoms with E-state index in [1.54, 1.807) is 12.1 Å². The van der Waals surface area contributed by atoms with Crippen molar-refractivity contribution in [2.24, 2.45) is 0 Å². The zero-order chi connectivity index (χ0) is 8.27. The third-order valence-corrected chi connectivity index (χ3v) is 2.36. The fraction of sp³-hybridized carbons (Fsp3) is 0. The second-order valence-electron chi connectivity index (χ2n) is 1.87. The molecule has 2 atom stereocenters. The number of hydrogen-bond donors (Lipinski definition) is 1. The SMILES string of the molecule is O=S([O-])c1cccc(PO)c1.[H-].[H-].[H-].[Na+].[Na+].[Na+]. The molecule has 0 aliphatic carbocycles. The van der Waals surface area contributed by atoms with Gasteiger partial charge in [0.1, 0.15) is 0 Å². The van der Waals surface area contributed by atoms with Gasteiger partial charge in [-0.3, -0.25) is 4.21 Å². The largest absolute Gasteiger partial charge is 1.00 e. The van der Waals surface area contributed by atoms with Gasteiger partial charge in [0, 0.05) is 19.0 Å². The Balaban J connectivity index is -0.0000000504. The molecule has 8 heteroatoms. The standard InChI is InChI=1S/C6H7O3PS.3Na.3H/c7-10-5-2-1-3-6(4-5)11(8)9;;;;;;/h1-4,7,10H,(H,8,9);;;;;;/q;3*+1;3*-1/p-1. The summed E-state index contributed by atoms with van der Waals surface area (Å²) in [5.74, 6) is 0. The summed E-state index contributed by atoms with van der Waals surface area (Å²) in [6, 6.07) is 6.20. The molecule has 1 aromatic carbocycles. The summed E-state index contributed by atoms with van der Waals surface area (Å²) < 4.78 is 20.8. The van der Waals surface area contributed by atoms with Crippen LogP contribution in [0, 0.1) is 0 Å². The van der Waals surface area contributed by atoms with E-state index in [-0.39, 0.29) is 107 Å². The maximum Gasteiger partial charge on any atom is 1.00 e. The number of benzene rings is 1. The molecular weight excluding hydrogens is 252 g/mol. The minimum atomic E-state index is -2.20. The molecule has 0 heterocycles. The average molecular weight is 261 g/mol. The van der Waals surface area contributed by atoms with Gasteiger partial charge in [0.05, 0.1) is 0 Å². The van der Waals surface area contributed by atoms with Gasteiger partial charge in [0.15, 0.2) is 0 Å². The normalized spacial score (nSPS) is 11.0. The summed E-state index contributed by atoms with van der Waals surface area (Å²) in [7, 11) is -0.354. The van der Waals surface area contributed by atoms with E-state index in [9.17, 15) is 8.76 Å². The van der Waals surface area contributed by atoms with E-state index >= 15 is 0 Å². The topological polar surface area (TPSA) is 60.4 Å². The fourth-order valence-corrected chi connectivity index (χ4v) is 1.58. The average Bonchev–Trinajstić information content (AvgIpc) is 2.05. The minimum absolute atomic E-state index is 0. The van der Waals surface area contributed by atoms with E-state index in [2.05, 4.69) is 0 Å². The molecule has 0 bridgehead atoms. The molecule has 0 amide bonds. The predicted molar refractivity (Wildman–Crippen MR) is 47.1 cm³/mol. The smallest absolute Gasteiger partial charge is 1.00 e. The van der Waals surface area contributed by atoms with Gasteiger partial charge in [-0.2, -0.15) is 0 Å². The van der Waals surface area contributed by atoms with E-state index < -0.39 is 11.1 Å². The summed E-state index contributed by atoms with van der Waals surface area (Å²) in [5, 5.41) is 0.631. The van der Waals surface area contributed by atoms with Gasteiger partial charge in [0.25, 0.3) is 0 Å². The van der Waals surface area contributed by atoms with Crippen molar-refractivity contribution in [3.8, 4) is 0 Å². The van der Waals surface area contributed by atoms with Crippen LogP contribution in [-0.4, -0.2) is 13.7 Å². The monoisotopic (exact) mass is 261 g/mol. The van der Waals surface area contributed by atoms with Crippen molar-refractivity contribution >= 4 is 25.2 Å². The Bertz CT molecular complexity index is 298. The summed E-state index contributed by atoms with van der Waals surface area (Å²) in [4.78, 5) is 8.88. The van der Waals surface area contributed by atoms with Crippen LogP contribution in [0.4, 0.5) is 0 Å². The molecule has 1 N–H and O–H groups in total. The molecule has 1 aromatic rings. The summed E-state index contributed by atoms with van der Waals surface area (Å²) in [6.45, 7) is 0. The molecule has 0 saturated heterocycles. The van der Waals surface area contributed by atoms with Crippen LogP contribution in [0.1, 0.15) is 4.28 Å². The zero-order valence-corrected chi connectivity index (χ0v) is 16.3. The van der Waals surface area contributed by atoms with Crippen molar-refractivity contribution in [3.63, 3.8) is 0 Å². The van der Waals surface area contributed by atoms with Crippen LogP contribution in [0.3, 0.4) is 0 Å². The molecular formula is C6H9Na3O3PS-. The second-order valence-corrected chi connectivity index (χ2v) is 3.62. The van der Waals surface area contributed by atoms with Crippen molar-refractivity contribution in [2.75, 3.05) is 0 Å². The second kappa shape index (κ2) is 12.2. The van der Waals surface area contributed by atoms with Gasteiger partial charge in [0.2, 0.25) is 0 Å². The maximum atomic E-state index is 10.4. The summed E-state index contributed by atoms with van der Waals surface area (Å²) in [5.41, 5.74) is 0. The van der Waals surface area contributed by atoms with Crippen molar-refractivity contribution in [3.05, 3.63) is 24.3 Å². The first-order valence-corrected chi connectivity index (χ1v) is 4.85. The molecule has 3 nitrogen and oxygen atoms in total. The summed E-state index contributed by atoms with van der Waals surface area (Å²) >= 11 is -2.20. The Kier molecular flexibility index (Phi) is 19.1. The van der Waals surface area contributed by atoms with Crippen molar-refractivity contribution < 1.29 is 107 Å². The van der Waals surface area contributed by atoms with Crippen LogP contribution in [0.15, 0.2) is 29.2 Å². The van der Waals surface area contributed by atoms with E-state index in [1.807, 2.05) is 0 Å². The predicted octanol–water partition coefficient (Wildman–Crippen LogP) is -8.51. The van der Waals surface area contributed by atoms with Gasteiger partial charge < -0.3 is 13.7 Å². The van der Waals surface area contributed by atoms with Crippen LogP contribution in [-0.2, 0) is 11.1 Å². The van der Waals surface area contributed by atoms with Crippen LogP contribution in [0.5, 0.6) is 0 Å². The van der Waals surface area contributed by atoms with Crippen LogP contribution >= 0.6 is 8.81 Å². The van der Waals surface area contributed by atoms with Gasteiger partial charge >= 0.3 is 88.7 Å². The molecule has 1 rings (SSSR count). The van der Waals surface area contributed by atoms with E-state index in [1.165, 1.54) is 12.1 Å². The number of hydrogen-bond acceptors (Lipinski definition) is 3. The molecule has 66 valence electrons. The Morgan fingerprint density at radius 1 is 1.36 bits per heavy atom. The minimum Gasteiger partial charge on any atom is -1.00 e. The van der Waals surface area contributed by atoms with Gasteiger partial charge in [-0.15, -0.1) is 0 Å². The quantitative estimate of drug-likeness (QED) is 0.327. The zero-order valence-electron chi connectivity index (χ0n) is 11.5. The Hall–Kier alpha value is 2.72. The van der Waals surface area contributed by atoms with Gasteiger partial charge in [-0.1, -0.05) is 12.1 Å². The third kappa shape index (κ3) is 7.91. The Morgan fingerprint density at radius 2 is 1.93 bits per heavy atom. The molecule has 0 fully saturated rings. The van der Waals surface area contributed by atoms with Crippen LogP contribution in [0.2, 0.25) is 0 Å².